The number of hydrogen-bond acceptors (Lipinski definition) is 6. The molecule has 0 saturated heterocycles. The molecule has 0 bridgehead atoms. The molecule has 0 radical (unpaired) electrons. The van der Waals surface area contributed by atoms with Crippen LogP contribution in [0.15, 0.2) is 58.9 Å². The molecule has 3 aromatic rings. The number of benzene rings is 2. The number of amides is 1. The third kappa shape index (κ3) is 6.07. The Morgan fingerprint density at radius 3 is 2.46 bits per heavy atom. The second-order valence-electron chi connectivity index (χ2n) is 6.20. The third-order valence-corrected chi connectivity index (χ3v) is 6.06. The van der Waals surface area contributed by atoms with Crippen molar-refractivity contribution in [3.63, 3.8) is 0 Å². The predicted octanol–water partition coefficient (Wildman–Crippen LogP) is 4.57. The van der Waals surface area contributed by atoms with Gasteiger partial charge < -0.3 is 9.64 Å². The smallest absolute Gasteiger partial charge is 0.233 e. The predicted molar refractivity (Wildman–Crippen MR) is 114 cm³/mol. The summed E-state index contributed by atoms with van der Waals surface area (Å²) in [5.41, 5.74) is 2.22. The number of rotatable bonds is 9. The maximum atomic E-state index is 12.5. The Morgan fingerprint density at radius 2 is 1.82 bits per heavy atom. The minimum Gasteiger partial charge on any atom is -0.489 e. The number of aryl methyl sites for hydroxylation is 1. The maximum absolute atomic E-state index is 12.5. The summed E-state index contributed by atoms with van der Waals surface area (Å²) < 4.78 is 6.65. The Morgan fingerprint density at radius 1 is 1.07 bits per heavy atom. The first-order valence-electron chi connectivity index (χ1n) is 9.10. The normalized spacial score (nSPS) is 10.6. The van der Waals surface area contributed by atoms with E-state index < -0.39 is 0 Å². The van der Waals surface area contributed by atoms with E-state index in [-0.39, 0.29) is 5.91 Å². The molecule has 5 nitrogen and oxygen atoms in total. The second kappa shape index (κ2) is 10.2. The fraction of sp³-hybridized carbons (Fsp3) is 0.286. The largest absolute Gasteiger partial charge is 0.489 e. The van der Waals surface area contributed by atoms with Crippen molar-refractivity contribution in [2.75, 3.05) is 12.3 Å². The number of thioether (sulfide) groups is 1. The lowest BCUT2D eigenvalue weighted by atomic mass is 10.2. The number of carbonyl (C=O) groups excluding carboxylic acids is 1. The Labute approximate surface area is 173 Å². The molecule has 0 aliphatic carbocycles. The second-order valence-corrected chi connectivity index (χ2v) is 8.61. The molecule has 7 heteroatoms. The van der Waals surface area contributed by atoms with E-state index in [1.165, 1.54) is 23.1 Å². The van der Waals surface area contributed by atoms with Gasteiger partial charge >= 0.3 is 0 Å². The van der Waals surface area contributed by atoms with Gasteiger partial charge in [0.25, 0.3) is 0 Å². The van der Waals surface area contributed by atoms with Crippen LogP contribution in [0.1, 0.15) is 23.1 Å². The first-order chi connectivity index (χ1) is 13.6. The molecule has 0 fully saturated rings. The number of carbonyl (C=O) groups is 1. The highest BCUT2D eigenvalue weighted by Gasteiger charge is 2.14. The van der Waals surface area contributed by atoms with Crippen molar-refractivity contribution in [2.24, 2.45) is 0 Å². The van der Waals surface area contributed by atoms with Crippen molar-refractivity contribution in [3.05, 3.63) is 70.7 Å². The van der Waals surface area contributed by atoms with Gasteiger partial charge in [-0.25, -0.2) is 0 Å². The highest BCUT2D eigenvalue weighted by Crippen LogP contribution is 2.22. The standard InChI is InChI=1S/C21H23N3O2S2/c1-3-24(20(25)15-27-21-23-22-16(2)28-21)13-17-9-11-19(12-10-17)26-14-18-7-5-4-6-8-18/h4-12H,3,13-15H2,1-2H3. The van der Waals surface area contributed by atoms with E-state index >= 15 is 0 Å². The Bertz CT molecular complexity index is 882. The summed E-state index contributed by atoms with van der Waals surface area (Å²) in [5, 5.41) is 8.95. The summed E-state index contributed by atoms with van der Waals surface area (Å²) >= 11 is 2.96. The van der Waals surface area contributed by atoms with E-state index in [9.17, 15) is 4.79 Å². The summed E-state index contributed by atoms with van der Waals surface area (Å²) in [6.45, 7) is 5.71. The lowest BCUT2D eigenvalue weighted by Crippen LogP contribution is -2.31. The zero-order chi connectivity index (χ0) is 19.8. The van der Waals surface area contributed by atoms with Crippen LogP contribution >= 0.6 is 23.1 Å². The van der Waals surface area contributed by atoms with Crippen LogP contribution in [0.3, 0.4) is 0 Å². The van der Waals surface area contributed by atoms with Gasteiger partial charge in [-0.05, 0) is 37.1 Å². The summed E-state index contributed by atoms with van der Waals surface area (Å²) in [6.07, 6.45) is 0. The van der Waals surface area contributed by atoms with Gasteiger partial charge in [0, 0.05) is 13.1 Å². The van der Waals surface area contributed by atoms with E-state index in [4.69, 9.17) is 4.74 Å². The molecule has 3 rings (SSSR count). The molecule has 0 saturated carbocycles. The molecule has 146 valence electrons. The summed E-state index contributed by atoms with van der Waals surface area (Å²) in [5.74, 6) is 1.30. The lowest BCUT2D eigenvalue weighted by Gasteiger charge is -2.20. The van der Waals surface area contributed by atoms with Crippen LogP contribution in [0, 0.1) is 6.92 Å². The molecule has 28 heavy (non-hydrogen) atoms. The first-order valence-corrected chi connectivity index (χ1v) is 10.9. The van der Waals surface area contributed by atoms with Gasteiger partial charge in [0.1, 0.15) is 17.4 Å². The molecule has 1 aromatic heterocycles. The molecule has 2 aromatic carbocycles. The Balaban J connectivity index is 1.50. The molecule has 0 N–H and O–H groups in total. The van der Waals surface area contributed by atoms with Crippen LogP contribution < -0.4 is 4.74 Å². The average Bonchev–Trinajstić information content (AvgIpc) is 3.15. The van der Waals surface area contributed by atoms with Gasteiger partial charge in [-0.15, -0.1) is 10.2 Å². The van der Waals surface area contributed by atoms with Crippen LogP contribution in [0.2, 0.25) is 0 Å². The average molecular weight is 414 g/mol. The maximum Gasteiger partial charge on any atom is 0.233 e. The van der Waals surface area contributed by atoms with Crippen LogP contribution in [0.5, 0.6) is 5.75 Å². The van der Waals surface area contributed by atoms with E-state index in [1.807, 2.05) is 73.3 Å². The zero-order valence-electron chi connectivity index (χ0n) is 16.0. The Hall–Kier alpha value is -2.38. The SMILES string of the molecule is CCN(Cc1ccc(OCc2ccccc2)cc1)C(=O)CSc1nnc(C)s1. The van der Waals surface area contributed by atoms with Gasteiger partial charge in [-0.3, -0.25) is 4.79 Å². The van der Waals surface area contributed by atoms with Crippen LogP contribution in [0.4, 0.5) is 0 Å². The fourth-order valence-corrected chi connectivity index (χ4v) is 4.30. The summed E-state index contributed by atoms with van der Waals surface area (Å²) in [6, 6.07) is 18.0. The third-order valence-electron chi connectivity index (χ3n) is 4.11. The molecule has 1 amide bonds. The minimum absolute atomic E-state index is 0.102. The minimum atomic E-state index is 0.102. The van der Waals surface area contributed by atoms with E-state index in [1.54, 1.807) is 0 Å². The summed E-state index contributed by atoms with van der Waals surface area (Å²) in [7, 11) is 0. The number of hydrogen-bond donors (Lipinski definition) is 0. The molecule has 0 unspecified atom stereocenters. The van der Waals surface area contributed by atoms with Crippen LogP contribution in [-0.4, -0.2) is 33.3 Å². The first kappa shape index (κ1) is 20.4. The van der Waals surface area contributed by atoms with Crippen molar-refractivity contribution in [3.8, 4) is 5.75 Å². The topological polar surface area (TPSA) is 55.3 Å². The van der Waals surface area contributed by atoms with E-state index in [2.05, 4.69) is 10.2 Å². The van der Waals surface area contributed by atoms with Gasteiger partial charge in [-0.1, -0.05) is 65.6 Å². The molecule has 1 heterocycles. The molecule has 0 aliphatic rings. The Kier molecular flexibility index (Phi) is 7.45. The van der Waals surface area contributed by atoms with Gasteiger partial charge in [0.05, 0.1) is 5.75 Å². The van der Waals surface area contributed by atoms with Crippen molar-refractivity contribution < 1.29 is 9.53 Å². The van der Waals surface area contributed by atoms with Crippen LogP contribution in [-0.2, 0) is 17.9 Å². The number of ether oxygens (including phenoxy) is 1. The highest BCUT2D eigenvalue weighted by molar-refractivity contribution is 8.01. The van der Waals surface area contributed by atoms with E-state index in [0.717, 1.165) is 26.2 Å². The molecular formula is C21H23N3O2S2. The molecular weight excluding hydrogens is 390 g/mol. The van der Waals surface area contributed by atoms with Gasteiger partial charge in [-0.2, -0.15) is 0 Å². The van der Waals surface area contributed by atoms with Crippen LogP contribution in [0.25, 0.3) is 0 Å². The molecule has 0 aliphatic heterocycles. The van der Waals surface area contributed by atoms with Crippen molar-refractivity contribution >= 4 is 29.0 Å². The highest BCUT2D eigenvalue weighted by atomic mass is 32.2. The molecule has 0 spiro atoms. The van der Waals surface area contributed by atoms with Crippen molar-refractivity contribution in [1.29, 1.82) is 0 Å². The number of nitrogens with zero attached hydrogens (tertiary/aromatic N) is 3. The lowest BCUT2D eigenvalue weighted by molar-refractivity contribution is -0.128. The van der Waals surface area contributed by atoms with Gasteiger partial charge in [0.15, 0.2) is 4.34 Å². The van der Waals surface area contributed by atoms with Crippen molar-refractivity contribution in [1.82, 2.24) is 15.1 Å². The van der Waals surface area contributed by atoms with E-state index in [0.29, 0.717) is 25.4 Å². The van der Waals surface area contributed by atoms with Crippen molar-refractivity contribution in [2.45, 2.75) is 31.3 Å². The number of aromatic nitrogens is 2. The zero-order valence-corrected chi connectivity index (χ0v) is 17.6. The monoisotopic (exact) mass is 413 g/mol. The fourth-order valence-electron chi connectivity index (χ4n) is 2.58. The summed E-state index contributed by atoms with van der Waals surface area (Å²) in [4.78, 5) is 14.4. The quantitative estimate of drug-likeness (QED) is 0.481. The molecule has 0 atom stereocenters. The van der Waals surface area contributed by atoms with Gasteiger partial charge in [0.2, 0.25) is 5.91 Å².